The summed E-state index contributed by atoms with van der Waals surface area (Å²) < 4.78 is 10.5. The number of aromatic amines is 1. The highest BCUT2D eigenvalue weighted by Gasteiger charge is 2.13. The van der Waals surface area contributed by atoms with Gasteiger partial charge in [0.1, 0.15) is 5.52 Å². The standard InChI is InChI=1S/C14H24N4OS/c1-5-18-13-12(11(4)16-18)15-14(20)17(13)8-6-7-9-19-10(2)3/h10H,5-9H2,1-4H3,(H,15,20). The minimum absolute atomic E-state index is 0.306. The van der Waals surface area contributed by atoms with Crippen molar-refractivity contribution in [1.29, 1.82) is 0 Å². The number of rotatable bonds is 7. The molecular formula is C14H24N4OS. The van der Waals surface area contributed by atoms with Gasteiger partial charge in [-0.15, -0.1) is 0 Å². The van der Waals surface area contributed by atoms with Crippen molar-refractivity contribution in [2.24, 2.45) is 0 Å². The number of hydrogen-bond donors (Lipinski definition) is 1. The number of H-pyrrole nitrogens is 1. The normalized spacial score (nSPS) is 11.8. The van der Waals surface area contributed by atoms with Gasteiger partial charge in [-0.1, -0.05) is 0 Å². The molecule has 2 aromatic rings. The summed E-state index contributed by atoms with van der Waals surface area (Å²) in [6.45, 7) is 10.8. The summed E-state index contributed by atoms with van der Waals surface area (Å²) in [7, 11) is 0. The number of ether oxygens (including phenoxy) is 1. The highest BCUT2D eigenvalue weighted by atomic mass is 32.1. The number of nitrogens with zero attached hydrogens (tertiary/aromatic N) is 3. The molecule has 0 radical (unpaired) electrons. The summed E-state index contributed by atoms with van der Waals surface area (Å²) in [5.41, 5.74) is 3.19. The van der Waals surface area contributed by atoms with E-state index in [0.29, 0.717) is 6.10 Å². The zero-order chi connectivity index (χ0) is 14.7. The van der Waals surface area contributed by atoms with Crippen LogP contribution >= 0.6 is 12.2 Å². The maximum Gasteiger partial charge on any atom is 0.179 e. The molecule has 0 unspecified atom stereocenters. The van der Waals surface area contributed by atoms with Crippen LogP contribution in [0.3, 0.4) is 0 Å². The van der Waals surface area contributed by atoms with Crippen molar-refractivity contribution >= 4 is 23.4 Å². The molecule has 0 aliphatic rings. The third kappa shape index (κ3) is 3.12. The van der Waals surface area contributed by atoms with E-state index in [1.807, 2.05) is 11.6 Å². The van der Waals surface area contributed by atoms with Crippen LogP contribution in [0.2, 0.25) is 0 Å². The third-order valence-corrected chi connectivity index (χ3v) is 3.68. The minimum Gasteiger partial charge on any atom is -0.379 e. The van der Waals surface area contributed by atoms with Crippen molar-refractivity contribution in [2.45, 2.75) is 59.7 Å². The summed E-state index contributed by atoms with van der Waals surface area (Å²) in [6, 6.07) is 0. The van der Waals surface area contributed by atoms with Crippen LogP contribution < -0.4 is 0 Å². The van der Waals surface area contributed by atoms with Crippen molar-refractivity contribution in [2.75, 3.05) is 6.61 Å². The zero-order valence-corrected chi connectivity index (χ0v) is 13.6. The fourth-order valence-corrected chi connectivity index (χ4v) is 2.66. The summed E-state index contributed by atoms with van der Waals surface area (Å²) in [5.74, 6) is 0. The smallest absolute Gasteiger partial charge is 0.179 e. The van der Waals surface area contributed by atoms with Crippen molar-refractivity contribution < 1.29 is 4.74 Å². The molecule has 5 nitrogen and oxygen atoms in total. The van der Waals surface area contributed by atoms with E-state index in [-0.39, 0.29) is 0 Å². The highest BCUT2D eigenvalue weighted by Crippen LogP contribution is 2.18. The molecule has 2 heterocycles. The van der Waals surface area contributed by atoms with Crippen molar-refractivity contribution in [3.8, 4) is 0 Å². The number of nitrogens with one attached hydrogen (secondary N) is 1. The average molecular weight is 296 g/mol. The molecule has 0 fully saturated rings. The quantitative estimate of drug-likeness (QED) is 0.629. The van der Waals surface area contributed by atoms with Gasteiger partial charge in [0.05, 0.1) is 11.8 Å². The molecule has 0 aromatic carbocycles. The molecule has 0 amide bonds. The molecule has 20 heavy (non-hydrogen) atoms. The first kappa shape index (κ1) is 15.3. The van der Waals surface area contributed by atoms with Gasteiger partial charge in [-0.05, 0) is 52.8 Å². The lowest BCUT2D eigenvalue weighted by Crippen LogP contribution is -2.08. The van der Waals surface area contributed by atoms with Crippen molar-refractivity contribution in [1.82, 2.24) is 19.3 Å². The average Bonchev–Trinajstić information content (AvgIpc) is 2.87. The summed E-state index contributed by atoms with van der Waals surface area (Å²) in [4.78, 5) is 3.27. The van der Waals surface area contributed by atoms with Crippen molar-refractivity contribution in [3.63, 3.8) is 0 Å². The molecule has 2 aromatic heterocycles. The maximum atomic E-state index is 5.57. The Morgan fingerprint density at radius 1 is 1.35 bits per heavy atom. The van der Waals surface area contributed by atoms with E-state index in [2.05, 4.69) is 35.4 Å². The predicted octanol–water partition coefficient (Wildman–Crippen LogP) is 3.43. The number of imidazole rings is 1. The second-order valence-corrected chi connectivity index (χ2v) is 5.69. The predicted molar refractivity (Wildman–Crippen MR) is 83.6 cm³/mol. The van der Waals surface area contributed by atoms with Crippen LogP contribution in [-0.4, -0.2) is 32.0 Å². The number of fused-ring (bicyclic) bond motifs is 1. The molecule has 0 aliphatic heterocycles. The van der Waals surface area contributed by atoms with Gasteiger partial charge in [0.2, 0.25) is 0 Å². The van der Waals surface area contributed by atoms with E-state index in [4.69, 9.17) is 17.0 Å². The molecule has 1 N–H and O–H groups in total. The Kier molecular flexibility index (Phi) is 4.99. The molecule has 0 atom stereocenters. The maximum absolute atomic E-state index is 5.57. The second-order valence-electron chi connectivity index (χ2n) is 5.31. The monoisotopic (exact) mass is 296 g/mol. The molecule has 112 valence electrons. The second kappa shape index (κ2) is 6.54. The van der Waals surface area contributed by atoms with Crippen LogP contribution in [0.5, 0.6) is 0 Å². The Balaban J connectivity index is 2.09. The fraction of sp³-hybridized carbons (Fsp3) is 0.714. The SMILES string of the molecule is CCn1nc(C)c2[nH]c(=S)n(CCCCOC(C)C)c21. The summed E-state index contributed by atoms with van der Waals surface area (Å²) in [5, 5.41) is 4.53. The van der Waals surface area contributed by atoms with Gasteiger partial charge in [-0.3, -0.25) is 0 Å². The van der Waals surface area contributed by atoms with E-state index in [1.165, 1.54) is 0 Å². The molecule has 0 spiro atoms. The number of aromatic nitrogens is 4. The van der Waals surface area contributed by atoms with Gasteiger partial charge in [0, 0.05) is 19.7 Å². The number of aryl methyl sites for hydroxylation is 3. The van der Waals surface area contributed by atoms with Crippen LogP contribution in [0.25, 0.3) is 11.2 Å². The number of hydrogen-bond acceptors (Lipinski definition) is 3. The molecule has 0 aliphatic carbocycles. The molecule has 6 heteroatoms. The van der Waals surface area contributed by atoms with E-state index in [1.54, 1.807) is 0 Å². The molecular weight excluding hydrogens is 272 g/mol. The van der Waals surface area contributed by atoms with E-state index >= 15 is 0 Å². The largest absolute Gasteiger partial charge is 0.379 e. The van der Waals surface area contributed by atoms with Gasteiger partial charge in [0.25, 0.3) is 0 Å². The Hall–Kier alpha value is -1.14. The van der Waals surface area contributed by atoms with E-state index < -0.39 is 0 Å². The molecule has 0 bridgehead atoms. The Bertz CT molecular complexity index is 623. The lowest BCUT2D eigenvalue weighted by Gasteiger charge is -2.08. The van der Waals surface area contributed by atoms with Gasteiger partial charge in [-0.25, -0.2) is 4.68 Å². The van der Waals surface area contributed by atoms with E-state index in [0.717, 1.165) is 54.2 Å². The first-order valence-electron chi connectivity index (χ1n) is 7.32. The van der Waals surface area contributed by atoms with Crippen LogP contribution in [0.15, 0.2) is 0 Å². The minimum atomic E-state index is 0.306. The van der Waals surface area contributed by atoms with Gasteiger partial charge >= 0.3 is 0 Å². The van der Waals surface area contributed by atoms with Gasteiger partial charge in [0.15, 0.2) is 10.4 Å². The topological polar surface area (TPSA) is 47.8 Å². The number of unbranched alkanes of at least 4 members (excludes halogenated alkanes) is 1. The summed E-state index contributed by atoms with van der Waals surface area (Å²) in [6.07, 6.45) is 2.41. The Morgan fingerprint density at radius 2 is 2.10 bits per heavy atom. The van der Waals surface area contributed by atoms with Crippen molar-refractivity contribution in [3.05, 3.63) is 10.5 Å². The lowest BCUT2D eigenvalue weighted by molar-refractivity contribution is 0.0754. The highest BCUT2D eigenvalue weighted by molar-refractivity contribution is 7.71. The Labute approximate surface area is 124 Å². The van der Waals surface area contributed by atoms with Crippen LogP contribution in [0, 0.1) is 11.7 Å². The van der Waals surface area contributed by atoms with Crippen LogP contribution in [0.1, 0.15) is 39.3 Å². The molecule has 2 rings (SSSR count). The molecule has 0 saturated heterocycles. The van der Waals surface area contributed by atoms with Gasteiger partial charge in [-0.2, -0.15) is 5.10 Å². The third-order valence-electron chi connectivity index (χ3n) is 3.36. The lowest BCUT2D eigenvalue weighted by atomic mass is 10.3. The first-order valence-corrected chi connectivity index (χ1v) is 7.73. The van der Waals surface area contributed by atoms with Crippen LogP contribution in [-0.2, 0) is 17.8 Å². The molecule has 0 saturated carbocycles. The van der Waals surface area contributed by atoms with E-state index in [9.17, 15) is 0 Å². The van der Waals surface area contributed by atoms with Gasteiger partial charge < -0.3 is 14.3 Å². The Morgan fingerprint density at radius 3 is 2.75 bits per heavy atom. The fourth-order valence-electron chi connectivity index (χ4n) is 2.38. The zero-order valence-electron chi connectivity index (χ0n) is 12.8. The summed E-state index contributed by atoms with van der Waals surface area (Å²) >= 11 is 5.43. The first-order chi connectivity index (χ1) is 9.54. The van der Waals surface area contributed by atoms with Crippen LogP contribution in [0.4, 0.5) is 0 Å².